The third-order valence-electron chi connectivity index (χ3n) is 10.7. The molecule has 0 spiro atoms. The number of halogens is 1. The summed E-state index contributed by atoms with van der Waals surface area (Å²) in [6.45, 7) is 1.76. The second-order valence-electron chi connectivity index (χ2n) is 16.0. The van der Waals surface area contributed by atoms with Crippen molar-refractivity contribution >= 4 is 63.7 Å². The molecular weight excluding hydrogens is 950 g/mol. The maximum Gasteiger partial charge on any atom is 0.326 e. The number of nitrogens with zero attached hydrogens (tertiary/aromatic N) is 6. The Bertz CT molecular complexity index is 1930. The molecule has 3 amide bonds. The van der Waals surface area contributed by atoms with Crippen LogP contribution in [-0.2, 0) is 46.7 Å². The first-order valence-corrected chi connectivity index (χ1v) is 22.2. The Morgan fingerprint density at radius 2 is 1.07 bits per heavy atom. The third kappa shape index (κ3) is 22.5. The van der Waals surface area contributed by atoms with Crippen LogP contribution in [0.3, 0.4) is 0 Å². The lowest BCUT2D eigenvalue weighted by molar-refractivity contribution is -0.141. The maximum absolute atomic E-state index is 13.3. The van der Waals surface area contributed by atoms with Gasteiger partial charge in [0, 0.05) is 84.6 Å². The predicted molar refractivity (Wildman–Crippen MR) is 239 cm³/mol. The molecule has 25 heteroatoms. The fourth-order valence-corrected chi connectivity index (χ4v) is 7.32. The molecule has 1 unspecified atom stereocenters. The molecule has 0 bridgehead atoms. The maximum atomic E-state index is 13.3. The lowest BCUT2D eigenvalue weighted by Crippen LogP contribution is -2.51. The minimum Gasteiger partial charge on any atom is -0.481 e. The summed E-state index contributed by atoms with van der Waals surface area (Å²) in [5, 5.41) is 75.1. The van der Waals surface area contributed by atoms with Gasteiger partial charge in [-0.2, -0.15) is 0 Å². The van der Waals surface area contributed by atoms with Gasteiger partial charge in [-0.15, -0.1) is 0 Å². The van der Waals surface area contributed by atoms with Gasteiger partial charge in [-0.25, -0.2) is 19.4 Å². The number of carbonyl (C=O) groups excluding carboxylic acids is 2. The molecule has 2 aromatic rings. The number of rotatable bonds is 26. The number of nitrogens with one attached hydrogen (secondary N) is 3. The highest BCUT2D eigenvalue weighted by Gasteiger charge is 2.26. The summed E-state index contributed by atoms with van der Waals surface area (Å²) in [5.74, 6) is -7.61. The highest BCUT2D eigenvalue weighted by Crippen LogP contribution is 2.23. The SMILES string of the molecule is O=C(O)CC[C@@H](NC(=O)N[C@H](CCCCN(Cc1ccc(Br)nc1)C(O)c1ccc(CNC(=O)CN2CCN(CC(=O)O)CCN(CC(=O)O)CCN(CC(=O)O)CC2)cc1)C(=O)O)C(=O)O. The molecule has 370 valence electrons. The van der Waals surface area contributed by atoms with Crippen molar-refractivity contribution in [2.24, 2.45) is 0 Å². The van der Waals surface area contributed by atoms with Crippen molar-refractivity contribution in [3.8, 4) is 0 Å². The topological polar surface area (TPSA) is 343 Å². The molecule has 1 saturated heterocycles. The molecule has 2 heterocycles. The number of aliphatic carboxylic acids is 6. The Kier molecular flexibility index (Phi) is 24.1. The zero-order chi connectivity index (χ0) is 49.5. The summed E-state index contributed by atoms with van der Waals surface area (Å²) in [5.41, 5.74) is 1.99. The Hall–Kier alpha value is -5.83. The van der Waals surface area contributed by atoms with Crippen molar-refractivity contribution in [2.45, 2.75) is 63.5 Å². The van der Waals surface area contributed by atoms with Crippen LogP contribution in [0.4, 0.5) is 4.79 Å². The van der Waals surface area contributed by atoms with Gasteiger partial charge in [0.05, 0.1) is 26.2 Å². The molecule has 1 fully saturated rings. The first-order valence-electron chi connectivity index (χ1n) is 21.4. The van der Waals surface area contributed by atoms with E-state index in [0.29, 0.717) is 22.2 Å². The number of hydrogen-bond donors (Lipinski definition) is 10. The minimum absolute atomic E-state index is 0.0427. The fraction of sp³-hybridized carbons (Fsp3) is 0.548. The average molecular weight is 1010 g/mol. The van der Waals surface area contributed by atoms with Gasteiger partial charge in [-0.3, -0.25) is 48.5 Å². The number of aliphatic hydroxyl groups is 1. The zero-order valence-electron chi connectivity index (χ0n) is 36.9. The smallest absolute Gasteiger partial charge is 0.326 e. The van der Waals surface area contributed by atoms with Crippen LogP contribution >= 0.6 is 15.9 Å². The number of urea groups is 1. The second kappa shape index (κ2) is 29.0. The van der Waals surface area contributed by atoms with Crippen LogP contribution in [0.2, 0.25) is 0 Å². The van der Waals surface area contributed by atoms with Crippen molar-refractivity contribution in [3.05, 3.63) is 63.9 Å². The molecule has 3 rings (SSSR count). The summed E-state index contributed by atoms with van der Waals surface area (Å²) < 4.78 is 0.606. The fourth-order valence-electron chi connectivity index (χ4n) is 7.09. The number of hydrogen-bond acceptors (Lipinski definition) is 15. The largest absolute Gasteiger partial charge is 0.481 e. The zero-order valence-corrected chi connectivity index (χ0v) is 38.5. The van der Waals surface area contributed by atoms with E-state index in [9.17, 15) is 69.0 Å². The molecule has 1 aromatic carbocycles. The van der Waals surface area contributed by atoms with Crippen LogP contribution in [0, 0.1) is 0 Å². The molecule has 0 aliphatic carbocycles. The van der Waals surface area contributed by atoms with Gasteiger partial charge in [-0.05, 0) is 64.4 Å². The standard InChI is InChI=1S/C42H60BrN9O15/c43-33-10-6-29(22-44-33)23-52(12-2-1-3-31(40(63)64)46-42(67)47-32(41(65)66)9-11-35(54)55)39(62)30-7-4-28(5-8-30)21-45-34(53)24-48-13-15-49(25-36(56)57)17-19-51(27-38(60)61)20-18-50(16-14-48)26-37(58)59/h4-8,10,22,31-32,39,62H,1-3,9,11-21,23-27H2,(H,45,53)(H,54,55)(H,56,57)(H,58,59)(H,60,61)(H,63,64)(H,65,66)(H2,46,47,67)/t31-,32-,39?/m1/s1. The van der Waals surface area contributed by atoms with Gasteiger partial charge in [0.1, 0.15) is 22.9 Å². The van der Waals surface area contributed by atoms with Crippen LogP contribution < -0.4 is 16.0 Å². The van der Waals surface area contributed by atoms with E-state index < -0.39 is 73.0 Å². The number of benzene rings is 1. The highest BCUT2D eigenvalue weighted by molar-refractivity contribution is 9.10. The van der Waals surface area contributed by atoms with Crippen molar-refractivity contribution in [1.82, 2.24) is 45.4 Å². The first kappa shape index (κ1) is 55.5. The summed E-state index contributed by atoms with van der Waals surface area (Å²) in [6, 6.07) is 6.42. The number of carboxylic acid groups (broad SMARTS) is 6. The molecular formula is C42H60BrN9O15. The summed E-state index contributed by atoms with van der Waals surface area (Å²) in [4.78, 5) is 108. The quantitative estimate of drug-likeness (QED) is 0.0328. The van der Waals surface area contributed by atoms with Crippen LogP contribution in [0.15, 0.2) is 47.2 Å². The number of pyridine rings is 1. The number of aliphatic hydroxyl groups excluding tert-OH is 1. The van der Waals surface area contributed by atoms with E-state index in [-0.39, 0.29) is 117 Å². The summed E-state index contributed by atoms with van der Waals surface area (Å²) in [6.07, 6.45) is 0.160. The van der Waals surface area contributed by atoms with Crippen molar-refractivity contribution in [1.29, 1.82) is 0 Å². The molecule has 24 nitrogen and oxygen atoms in total. The van der Waals surface area contributed by atoms with Crippen LogP contribution in [0.25, 0.3) is 0 Å². The first-order chi connectivity index (χ1) is 31.8. The molecule has 0 saturated carbocycles. The van der Waals surface area contributed by atoms with Gasteiger partial charge in [0.2, 0.25) is 5.91 Å². The van der Waals surface area contributed by atoms with Crippen molar-refractivity contribution in [2.75, 3.05) is 85.1 Å². The Labute approximate surface area is 394 Å². The highest BCUT2D eigenvalue weighted by atomic mass is 79.9. The van der Waals surface area contributed by atoms with Crippen LogP contribution in [0.5, 0.6) is 0 Å². The Morgan fingerprint density at radius 3 is 1.51 bits per heavy atom. The van der Waals surface area contributed by atoms with Gasteiger partial charge in [0.25, 0.3) is 0 Å². The average Bonchev–Trinajstić information content (AvgIpc) is 3.25. The minimum atomic E-state index is -1.54. The molecule has 67 heavy (non-hydrogen) atoms. The molecule has 0 radical (unpaired) electrons. The van der Waals surface area contributed by atoms with E-state index >= 15 is 0 Å². The summed E-state index contributed by atoms with van der Waals surface area (Å²) >= 11 is 3.31. The molecule has 3 atom stereocenters. The van der Waals surface area contributed by atoms with E-state index in [2.05, 4.69) is 36.9 Å². The van der Waals surface area contributed by atoms with Gasteiger partial charge < -0.3 is 51.7 Å². The molecule has 1 aromatic heterocycles. The van der Waals surface area contributed by atoms with Gasteiger partial charge >= 0.3 is 41.8 Å². The van der Waals surface area contributed by atoms with E-state index in [0.717, 1.165) is 5.56 Å². The van der Waals surface area contributed by atoms with Crippen molar-refractivity contribution in [3.63, 3.8) is 0 Å². The number of carbonyl (C=O) groups is 8. The van der Waals surface area contributed by atoms with Crippen LogP contribution in [-0.4, -0.2) is 210 Å². The van der Waals surface area contributed by atoms with E-state index in [1.54, 1.807) is 56.1 Å². The molecule has 1 aliphatic rings. The number of unbranched alkanes of at least 4 members (excludes halogenated alkanes) is 1. The molecule has 10 N–H and O–H groups in total. The number of aromatic nitrogens is 1. The number of carboxylic acids is 6. The lowest BCUT2D eigenvalue weighted by atomic mass is 10.1. The second-order valence-corrected chi connectivity index (χ2v) is 16.8. The van der Waals surface area contributed by atoms with Crippen LogP contribution in [0.1, 0.15) is 55.0 Å². The Morgan fingerprint density at radius 1 is 0.612 bits per heavy atom. The monoisotopic (exact) mass is 1010 g/mol. The third-order valence-corrected chi connectivity index (χ3v) is 11.2. The number of amides is 3. The predicted octanol–water partition coefficient (Wildman–Crippen LogP) is -0.330. The summed E-state index contributed by atoms with van der Waals surface area (Å²) in [7, 11) is 0. The lowest BCUT2D eigenvalue weighted by Gasteiger charge is -2.32. The van der Waals surface area contributed by atoms with Gasteiger partial charge in [-0.1, -0.05) is 30.3 Å². The van der Waals surface area contributed by atoms with E-state index in [1.807, 2.05) is 11.0 Å². The van der Waals surface area contributed by atoms with Crippen molar-refractivity contribution < 1.29 is 74.1 Å². The Balaban J connectivity index is 1.63. The normalized spacial score (nSPS) is 16.1. The van der Waals surface area contributed by atoms with Gasteiger partial charge in [0.15, 0.2) is 0 Å². The van der Waals surface area contributed by atoms with E-state index in [1.165, 1.54) is 0 Å². The van der Waals surface area contributed by atoms with E-state index in [4.69, 9.17) is 5.11 Å². The molecule has 1 aliphatic heterocycles.